The molecule has 0 N–H and O–H groups in total. The second kappa shape index (κ2) is 8.17. The SMILES string of the molecule is CSc1ccc2nc(N(Cc3ccco3)C(=O)c3ccc(Cl)cc3Cl)sc2c1. The lowest BCUT2D eigenvalue weighted by atomic mass is 10.2. The lowest BCUT2D eigenvalue weighted by Crippen LogP contribution is -2.30. The van der Waals surface area contributed by atoms with Crippen LogP contribution in [0.4, 0.5) is 5.13 Å². The van der Waals surface area contributed by atoms with E-state index in [4.69, 9.17) is 27.6 Å². The Morgan fingerprint density at radius 2 is 2.07 bits per heavy atom. The number of fused-ring (bicyclic) bond motifs is 1. The molecule has 1 amide bonds. The van der Waals surface area contributed by atoms with Gasteiger partial charge in [0.15, 0.2) is 5.13 Å². The molecule has 0 bridgehead atoms. The molecule has 8 heteroatoms. The second-order valence-corrected chi connectivity index (χ2v) is 8.66. The Hall–Kier alpha value is -1.99. The monoisotopic (exact) mass is 448 g/mol. The van der Waals surface area contributed by atoms with Gasteiger partial charge in [0, 0.05) is 9.92 Å². The van der Waals surface area contributed by atoms with Crippen molar-refractivity contribution in [2.24, 2.45) is 0 Å². The number of hydrogen-bond donors (Lipinski definition) is 0. The van der Waals surface area contributed by atoms with Crippen molar-refractivity contribution in [2.45, 2.75) is 11.4 Å². The number of carbonyl (C=O) groups is 1. The maximum absolute atomic E-state index is 13.3. The van der Waals surface area contributed by atoms with Gasteiger partial charge in [0.05, 0.1) is 33.6 Å². The number of furan rings is 1. The molecule has 0 spiro atoms. The zero-order valence-electron chi connectivity index (χ0n) is 14.7. The van der Waals surface area contributed by atoms with Crippen LogP contribution in [0, 0.1) is 0 Å². The summed E-state index contributed by atoms with van der Waals surface area (Å²) in [5.74, 6) is 0.393. The molecule has 4 nitrogen and oxygen atoms in total. The fraction of sp³-hybridized carbons (Fsp3) is 0.100. The van der Waals surface area contributed by atoms with Crippen molar-refractivity contribution in [1.29, 1.82) is 0 Å². The van der Waals surface area contributed by atoms with Crippen LogP contribution in [-0.4, -0.2) is 17.1 Å². The smallest absolute Gasteiger partial charge is 0.262 e. The third-order valence-electron chi connectivity index (χ3n) is 4.12. The molecule has 0 aliphatic heterocycles. The minimum absolute atomic E-state index is 0.250. The van der Waals surface area contributed by atoms with Crippen molar-refractivity contribution in [2.75, 3.05) is 11.2 Å². The number of thioether (sulfide) groups is 1. The van der Waals surface area contributed by atoms with E-state index >= 15 is 0 Å². The number of halogens is 2. The molecule has 2 aromatic heterocycles. The van der Waals surface area contributed by atoms with Gasteiger partial charge in [-0.25, -0.2) is 4.98 Å². The second-order valence-electron chi connectivity index (χ2n) is 5.92. The lowest BCUT2D eigenvalue weighted by Gasteiger charge is -2.19. The standard InChI is InChI=1S/C20H14Cl2N2O2S2/c1-27-14-5-7-17-18(10-14)28-20(23-17)24(11-13-3-2-8-26-13)19(25)15-6-4-12(21)9-16(15)22/h2-10H,11H2,1H3. The molecule has 2 aromatic carbocycles. The third-order valence-corrected chi connectivity index (χ3v) is 6.43. The van der Waals surface area contributed by atoms with Crippen LogP contribution >= 0.6 is 46.3 Å². The van der Waals surface area contributed by atoms with Crippen molar-refractivity contribution in [3.8, 4) is 0 Å². The van der Waals surface area contributed by atoms with Gasteiger partial charge >= 0.3 is 0 Å². The number of thiazole rings is 1. The first kappa shape index (κ1) is 19.3. The minimum Gasteiger partial charge on any atom is -0.467 e. The van der Waals surface area contributed by atoms with Crippen molar-refractivity contribution in [1.82, 2.24) is 4.98 Å². The molecule has 0 atom stereocenters. The van der Waals surface area contributed by atoms with Crippen LogP contribution < -0.4 is 4.90 Å². The van der Waals surface area contributed by atoms with E-state index in [9.17, 15) is 4.79 Å². The predicted octanol–water partition coefficient (Wildman–Crippen LogP) is 6.77. The van der Waals surface area contributed by atoms with Crippen molar-refractivity contribution in [3.63, 3.8) is 0 Å². The molecule has 0 aliphatic rings. The number of amides is 1. The summed E-state index contributed by atoms with van der Waals surface area (Å²) in [5.41, 5.74) is 1.21. The molecule has 0 unspecified atom stereocenters. The first-order valence-electron chi connectivity index (χ1n) is 8.29. The molecule has 0 fully saturated rings. The lowest BCUT2D eigenvalue weighted by molar-refractivity contribution is 0.0983. The predicted molar refractivity (Wildman–Crippen MR) is 117 cm³/mol. The van der Waals surface area contributed by atoms with Crippen LogP contribution in [-0.2, 0) is 6.54 Å². The molecule has 4 rings (SSSR count). The number of anilines is 1. The first-order chi connectivity index (χ1) is 13.5. The van der Waals surface area contributed by atoms with Gasteiger partial charge in [-0.15, -0.1) is 11.8 Å². The Labute approximate surface area is 180 Å². The molecule has 0 saturated heterocycles. The van der Waals surface area contributed by atoms with Gasteiger partial charge in [-0.3, -0.25) is 9.69 Å². The molecule has 4 aromatic rings. The highest BCUT2D eigenvalue weighted by Gasteiger charge is 2.24. The van der Waals surface area contributed by atoms with Gasteiger partial charge in [-0.05, 0) is 54.8 Å². The van der Waals surface area contributed by atoms with Gasteiger partial charge in [0.25, 0.3) is 5.91 Å². The third kappa shape index (κ3) is 3.91. The fourth-order valence-corrected chi connectivity index (χ4v) is 4.73. The molecular formula is C20H14Cl2N2O2S2. The quantitative estimate of drug-likeness (QED) is 0.316. The Kier molecular flexibility index (Phi) is 5.64. The summed E-state index contributed by atoms with van der Waals surface area (Å²) in [5, 5.41) is 1.36. The largest absolute Gasteiger partial charge is 0.467 e. The molecule has 142 valence electrons. The fourth-order valence-electron chi connectivity index (χ4n) is 2.73. The average molecular weight is 449 g/mol. The summed E-state index contributed by atoms with van der Waals surface area (Å²) in [6, 6.07) is 14.5. The van der Waals surface area contributed by atoms with Crippen LogP contribution in [0.15, 0.2) is 64.1 Å². The molecule has 2 heterocycles. The number of rotatable bonds is 5. The van der Waals surface area contributed by atoms with E-state index in [-0.39, 0.29) is 12.5 Å². The number of hydrogen-bond acceptors (Lipinski definition) is 5. The zero-order valence-corrected chi connectivity index (χ0v) is 17.8. The van der Waals surface area contributed by atoms with Gasteiger partial charge in [0.1, 0.15) is 5.76 Å². The Morgan fingerprint density at radius 1 is 1.21 bits per heavy atom. The van der Waals surface area contributed by atoms with Gasteiger partial charge in [0.2, 0.25) is 0 Å². The van der Waals surface area contributed by atoms with Crippen LogP contribution in [0.25, 0.3) is 10.2 Å². The summed E-state index contributed by atoms with van der Waals surface area (Å²) in [6.07, 6.45) is 3.61. The maximum atomic E-state index is 13.3. The van der Waals surface area contributed by atoms with Gasteiger partial charge in [-0.2, -0.15) is 0 Å². The maximum Gasteiger partial charge on any atom is 0.262 e. The molecule has 0 saturated carbocycles. The molecule has 28 heavy (non-hydrogen) atoms. The average Bonchev–Trinajstić information content (AvgIpc) is 3.34. The van der Waals surface area contributed by atoms with E-state index in [0.717, 1.165) is 15.1 Å². The summed E-state index contributed by atoms with van der Waals surface area (Å²) >= 11 is 15.4. The highest BCUT2D eigenvalue weighted by Crippen LogP contribution is 2.34. The number of aromatic nitrogens is 1. The van der Waals surface area contributed by atoms with Crippen molar-refractivity contribution >= 4 is 67.6 Å². The number of carbonyl (C=O) groups excluding carboxylic acids is 1. The van der Waals surface area contributed by atoms with E-state index in [1.54, 1.807) is 47.2 Å². The van der Waals surface area contributed by atoms with Crippen LogP contribution in [0.3, 0.4) is 0 Å². The van der Waals surface area contributed by atoms with E-state index in [0.29, 0.717) is 26.5 Å². The summed E-state index contributed by atoms with van der Waals surface area (Å²) < 4.78 is 6.47. The minimum atomic E-state index is -0.262. The zero-order chi connectivity index (χ0) is 19.7. The highest BCUT2D eigenvalue weighted by atomic mass is 35.5. The topological polar surface area (TPSA) is 46.3 Å². The van der Waals surface area contributed by atoms with Gasteiger partial charge in [-0.1, -0.05) is 34.5 Å². The summed E-state index contributed by atoms with van der Waals surface area (Å²) in [7, 11) is 0. The Balaban J connectivity index is 1.78. The molecular weight excluding hydrogens is 435 g/mol. The Morgan fingerprint density at radius 3 is 2.79 bits per heavy atom. The van der Waals surface area contributed by atoms with E-state index in [2.05, 4.69) is 11.1 Å². The van der Waals surface area contributed by atoms with E-state index < -0.39 is 0 Å². The van der Waals surface area contributed by atoms with Crippen LogP contribution in [0.5, 0.6) is 0 Å². The van der Waals surface area contributed by atoms with Crippen molar-refractivity contribution < 1.29 is 9.21 Å². The summed E-state index contributed by atoms with van der Waals surface area (Å²) in [6.45, 7) is 0.250. The highest BCUT2D eigenvalue weighted by molar-refractivity contribution is 7.98. The Bertz CT molecular complexity index is 1140. The van der Waals surface area contributed by atoms with Crippen LogP contribution in [0.2, 0.25) is 10.0 Å². The summed E-state index contributed by atoms with van der Waals surface area (Å²) in [4.78, 5) is 20.7. The number of nitrogens with zero attached hydrogens (tertiary/aromatic N) is 2. The molecule has 0 radical (unpaired) electrons. The van der Waals surface area contributed by atoms with Crippen molar-refractivity contribution in [3.05, 3.63) is 76.2 Å². The van der Waals surface area contributed by atoms with Gasteiger partial charge < -0.3 is 4.42 Å². The van der Waals surface area contributed by atoms with Crippen LogP contribution in [0.1, 0.15) is 16.1 Å². The molecule has 0 aliphatic carbocycles. The number of benzene rings is 2. The van der Waals surface area contributed by atoms with E-state index in [1.807, 2.05) is 24.5 Å². The van der Waals surface area contributed by atoms with E-state index in [1.165, 1.54) is 11.3 Å². The normalized spacial score (nSPS) is 11.1. The first-order valence-corrected chi connectivity index (χ1v) is 11.1.